The fourth-order valence-electron chi connectivity index (χ4n) is 2.46. The number of unbranched alkanes of at least 4 members (excludes halogenated alkanes) is 1. The number of aromatic nitrogens is 1. The molecule has 0 amide bonds. The van der Waals surface area contributed by atoms with E-state index in [1.165, 1.54) is 9.88 Å². The van der Waals surface area contributed by atoms with Crippen LogP contribution < -0.4 is 10.6 Å². The number of hydrogen-bond acceptors (Lipinski definition) is 4. The molecule has 6 heteroatoms. The van der Waals surface area contributed by atoms with Crippen LogP contribution >= 0.6 is 22.7 Å². The molecule has 2 aromatic heterocycles. The summed E-state index contributed by atoms with van der Waals surface area (Å²) >= 11 is 3.60. The number of nitrogens with zero attached hydrogens (tertiary/aromatic N) is 2. The lowest BCUT2D eigenvalue weighted by Gasteiger charge is -2.15. The molecule has 2 heterocycles. The zero-order valence-electron chi connectivity index (χ0n) is 14.8. The molecule has 24 heavy (non-hydrogen) atoms. The molecular weight excluding hydrogens is 336 g/mol. The molecule has 2 aromatic rings. The van der Waals surface area contributed by atoms with Crippen molar-refractivity contribution in [3.05, 3.63) is 38.5 Å². The number of guanidine groups is 1. The van der Waals surface area contributed by atoms with Gasteiger partial charge in [-0.1, -0.05) is 13.0 Å². The minimum Gasteiger partial charge on any atom is -0.356 e. The fraction of sp³-hybridized carbons (Fsp3) is 0.556. The van der Waals surface area contributed by atoms with Crippen molar-refractivity contribution in [1.29, 1.82) is 0 Å². The first-order valence-corrected chi connectivity index (χ1v) is 10.3. The van der Waals surface area contributed by atoms with Gasteiger partial charge in [-0.3, -0.25) is 4.99 Å². The minimum atomic E-state index is 0.593. The van der Waals surface area contributed by atoms with Crippen molar-refractivity contribution in [3.63, 3.8) is 0 Å². The Hall–Kier alpha value is -1.40. The van der Waals surface area contributed by atoms with E-state index in [-0.39, 0.29) is 0 Å². The summed E-state index contributed by atoms with van der Waals surface area (Å²) < 4.78 is 0. The Morgan fingerprint density at radius 2 is 2.17 bits per heavy atom. The number of aryl methyl sites for hydroxylation is 2. The van der Waals surface area contributed by atoms with E-state index in [2.05, 4.69) is 57.4 Å². The van der Waals surface area contributed by atoms with Crippen molar-refractivity contribution in [2.45, 2.75) is 39.5 Å². The quantitative estimate of drug-likeness (QED) is 0.403. The second-order valence-electron chi connectivity index (χ2n) is 6.11. The number of thiophene rings is 1. The zero-order valence-corrected chi connectivity index (χ0v) is 16.5. The van der Waals surface area contributed by atoms with Gasteiger partial charge in [0, 0.05) is 36.1 Å². The summed E-state index contributed by atoms with van der Waals surface area (Å²) in [6.07, 6.45) is 4.48. The van der Waals surface area contributed by atoms with Crippen LogP contribution in [0.25, 0.3) is 0 Å². The molecule has 0 aliphatic carbocycles. The summed E-state index contributed by atoms with van der Waals surface area (Å²) in [5.74, 6) is 1.49. The lowest BCUT2D eigenvalue weighted by atomic mass is 10.1. The maximum atomic E-state index is 4.50. The second kappa shape index (κ2) is 10.5. The fourth-order valence-corrected chi connectivity index (χ4v) is 4.15. The largest absolute Gasteiger partial charge is 0.356 e. The number of aliphatic imine (C=N–C) groups is 1. The van der Waals surface area contributed by atoms with E-state index in [1.807, 2.05) is 18.4 Å². The van der Waals surface area contributed by atoms with Gasteiger partial charge < -0.3 is 10.6 Å². The molecule has 0 aromatic carbocycles. The van der Waals surface area contributed by atoms with E-state index in [1.54, 1.807) is 11.3 Å². The SMILES string of the molecule is CN=C(NCCCCc1nc(C)cs1)NCC(C)Cc1cccs1. The Kier molecular flexibility index (Phi) is 8.25. The average Bonchev–Trinajstić information content (AvgIpc) is 3.21. The van der Waals surface area contributed by atoms with Gasteiger partial charge in [0.1, 0.15) is 0 Å². The molecule has 132 valence electrons. The smallest absolute Gasteiger partial charge is 0.190 e. The summed E-state index contributed by atoms with van der Waals surface area (Å²) in [4.78, 5) is 10.3. The summed E-state index contributed by atoms with van der Waals surface area (Å²) in [7, 11) is 1.83. The van der Waals surface area contributed by atoms with Crippen molar-refractivity contribution in [2.24, 2.45) is 10.9 Å². The highest BCUT2D eigenvalue weighted by molar-refractivity contribution is 7.10. The van der Waals surface area contributed by atoms with Crippen LogP contribution in [0.5, 0.6) is 0 Å². The molecule has 0 spiro atoms. The standard InChI is InChI=1S/C18H28N4S2/c1-14(11-16-7-6-10-23-16)12-21-18(19-3)20-9-5-4-8-17-22-15(2)13-24-17/h6-7,10,13-14H,4-5,8-9,11-12H2,1-3H3,(H2,19,20,21). The van der Waals surface area contributed by atoms with E-state index in [4.69, 9.17) is 0 Å². The van der Waals surface area contributed by atoms with E-state index < -0.39 is 0 Å². The Morgan fingerprint density at radius 1 is 1.29 bits per heavy atom. The van der Waals surface area contributed by atoms with Gasteiger partial charge in [0.05, 0.1) is 5.01 Å². The molecule has 0 fully saturated rings. The Labute approximate surface area is 153 Å². The van der Waals surface area contributed by atoms with Gasteiger partial charge in [0.15, 0.2) is 5.96 Å². The number of rotatable bonds is 9. The van der Waals surface area contributed by atoms with Gasteiger partial charge in [-0.05, 0) is 50.0 Å². The molecular formula is C18H28N4S2. The number of nitrogens with one attached hydrogen (secondary N) is 2. The third kappa shape index (κ3) is 7.01. The predicted octanol–water partition coefficient (Wildman–Crippen LogP) is 3.88. The van der Waals surface area contributed by atoms with Crippen LogP contribution in [0.1, 0.15) is 35.3 Å². The molecule has 4 nitrogen and oxygen atoms in total. The van der Waals surface area contributed by atoms with Gasteiger partial charge in [-0.15, -0.1) is 22.7 Å². The second-order valence-corrected chi connectivity index (χ2v) is 8.08. The highest BCUT2D eigenvalue weighted by atomic mass is 32.1. The summed E-state index contributed by atoms with van der Waals surface area (Å²) in [6.45, 7) is 6.21. The van der Waals surface area contributed by atoms with Crippen molar-refractivity contribution in [1.82, 2.24) is 15.6 Å². The molecule has 2 rings (SSSR count). The van der Waals surface area contributed by atoms with Crippen LogP contribution in [0, 0.1) is 12.8 Å². The molecule has 0 radical (unpaired) electrons. The molecule has 2 N–H and O–H groups in total. The van der Waals surface area contributed by atoms with E-state index in [0.29, 0.717) is 5.92 Å². The topological polar surface area (TPSA) is 49.3 Å². The molecule has 0 aliphatic rings. The number of thiazole rings is 1. The van der Waals surface area contributed by atoms with Crippen molar-refractivity contribution in [3.8, 4) is 0 Å². The summed E-state index contributed by atoms with van der Waals surface area (Å²) in [5, 5.41) is 12.3. The van der Waals surface area contributed by atoms with Crippen LogP contribution in [0.2, 0.25) is 0 Å². The first-order chi connectivity index (χ1) is 11.7. The Morgan fingerprint density at radius 3 is 2.83 bits per heavy atom. The number of hydrogen-bond donors (Lipinski definition) is 2. The first kappa shape index (κ1) is 18.9. The van der Waals surface area contributed by atoms with Crippen molar-refractivity contribution < 1.29 is 0 Å². The van der Waals surface area contributed by atoms with Gasteiger partial charge in [0.2, 0.25) is 0 Å². The van der Waals surface area contributed by atoms with Crippen molar-refractivity contribution in [2.75, 3.05) is 20.1 Å². The third-order valence-corrected chi connectivity index (χ3v) is 5.67. The summed E-state index contributed by atoms with van der Waals surface area (Å²) in [6, 6.07) is 4.33. The molecule has 1 unspecified atom stereocenters. The van der Waals surface area contributed by atoms with E-state index in [0.717, 1.165) is 50.4 Å². The normalized spacial score (nSPS) is 13.0. The molecule has 0 bridgehead atoms. The monoisotopic (exact) mass is 364 g/mol. The van der Waals surface area contributed by atoms with Gasteiger partial charge >= 0.3 is 0 Å². The summed E-state index contributed by atoms with van der Waals surface area (Å²) in [5.41, 5.74) is 1.13. The van der Waals surface area contributed by atoms with Crippen LogP contribution in [-0.4, -0.2) is 31.1 Å². The van der Waals surface area contributed by atoms with Crippen LogP contribution in [0.3, 0.4) is 0 Å². The molecule has 1 atom stereocenters. The van der Waals surface area contributed by atoms with Gasteiger partial charge in [-0.25, -0.2) is 4.98 Å². The minimum absolute atomic E-state index is 0.593. The van der Waals surface area contributed by atoms with E-state index >= 15 is 0 Å². The van der Waals surface area contributed by atoms with Crippen LogP contribution in [-0.2, 0) is 12.8 Å². The molecule has 0 saturated heterocycles. The maximum Gasteiger partial charge on any atom is 0.190 e. The Bertz CT molecular complexity index is 604. The van der Waals surface area contributed by atoms with Gasteiger partial charge in [0.25, 0.3) is 0 Å². The Balaban J connectivity index is 1.56. The highest BCUT2D eigenvalue weighted by Crippen LogP contribution is 2.14. The van der Waals surface area contributed by atoms with E-state index in [9.17, 15) is 0 Å². The first-order valence-electron chi connectivity index (χ1n) is 8.55. The highest BCUT2D eigenvalue weighted by Gasteiger charge is 2.06. The van der Waals surface area contributed by atoms with Crippen LogP contribution in [0.4, 0.5) is 0 Å². The maximum absolute atomic E-state index is 4.50. The average molecular weight is 365 g/mol. The third-order valence-electron chi connectivity index (χ3n) is 3.75. The molecule has 0 aliphatic heterocycles. The zero-order chi connectivity index (χ0) is 17.2. The van der Waals surface area contributed by atoms with Gasteiger partial charge in [-0.2, -0.15) is 0 Å². The van der Waals surface area contributed by atoms with Crippen molar-refractivity contribution >= 4 is 28.6 Å². The lowest BCUT2D eigenvalue weighted by Crippen LogP contribution is -2.40. The lowest BCUT2D eigenvalue weighted by molar-refractivity contribution is 0.560. The molecule has 0 saturated carbocycles. The predicted molar refractivity (Wildman–Crippen MR) is 106 cm³/mol. The van der Waals surface area contributed by atoms with Crippen LogP contribution in [0.15, 0.2) is 27.9 Å².